The third-order valence-corrected chi connectivity index (χ3v) is 5.04. The number of nitrogens with zero attached hydrogens (tertiary/aromatic N) is 1. The van der Waals surface area contributed by atoms with Crippen molar-refractivity contribution in [3.8, 4) is 0 Å². The molecule has 2 unspecified atom stereocenters. The molecule has 2 atom stereocenters. The lowest BCUT2D eigenvalue weighted by Gasteiger charge is -2.42. The largest absolute Gasteiger partial charge is 0.303 e. The van der Waals surface area contributed by atoms with E-state index < -0.39 is 0 Å². The molecule has 0 amide bonds. The molecule has 1 saturated carbocycles. The van der Waals surface area contributed by atoms with E-state index in [4.69, 9.17) is 0 Å². The molecular formula is C16H28N2S. The van der Waals surface area contributed by atoms with Crippen molar-refractivity contribution in [2.75, 3.05) is 0 Å². The first-order valence-corrected chi connectivity index (χ1v) is 8.57. The fourth-order valence-electron chi connectivity index (χ4n) is 3.66. The summed E-state index contributed by atoms with van der Waals surface area (Å²) in [4.78, 5) is 4.63. The fraction of sp³-hybridized carbons (Fsp3) is 0.812. The molecule has 0 radical (unpaired) electrons. The molecule has 0 saturated heterocycles. The molecule has 0 aliphatic heterocycles. The molecule has 2 rings (SSSR count). The molecule has 1 aliphatic carbocycles. The quantitative estimate of drug-likeness (QED) is 0.854. The average molecular weight is 280 g/mol. The third kappa shape index (κ3) is 3.79. The van der Waals surface area contributed by atoms with Gasteiger partial charge in [-0.25, -0.2) is 4.98 Å². The van der Waals surface area contributed by atoms with E-state index in [0.717, 1.165) is 11.8 Å². The first-order chi connectivity index (χ1) is 9.02. The SMILES string of the molecule is CC(C)CC1CCCC(NC(C)C)(c2nccs2)C1. The molecule has 1 aromatic rings. The van der Waals surface area contributed by atoms with Crippen LogP contribution in [0.2, 0.25) is 0 Å². The van der Waals surface area contributed by atoms with Gasteiger partial charge in [0, 0.05) is 17.6 Å². The van der Waals surface area contributed by atoms with Gasteiger partial charge < -0.3 is 5.32 Å². The number of nitrogens with one attached hydrogen (secondary N) is 1. The average Bonchev–Trinajstić information content (AvgIpc) is 2.81. The van der Waals surface area contributed by atoms with Gasteiger partial charge in [-0.05, 0) is 44.9 Å². The van der Waals surface area contributed by atoms with E-state index in [9.17, 15) is 0 Å². The molecule has 3 heteroatoms. The summed E-state index contributed by atoms with van der Waals surface area (Å²) in [6, 6.07) is 0.515. The molecule has 1 N–H and O–H groups in total. The van der Waals surface area contributed by atoms with Crippen LogP contribution in [0.15, 0.2) is 11.6 Å². The molecular weight excluding hydrogens is 252 g/mol. The Labute approximate surface area is 122 Å². The maximum atomic E-state index is 4.63. The first-order valence-electron chi connectivity index (χ1n) is 7.69. The minimum Gasteiger partial charge on any atom is -0.303 e. The normalized spacial score (nSPS) is 28.2. The number of hydrogen-bond acceptors (Lipinski definition) is 3. The third-order valence-electron chi connectivity index (χ3n) is 4.06. The van der Waals surface area contributed by atoms with Gasteiger partial charge in [-0.1, -0.05) is 26.7 Å². The smallest absolute Gasteiger partial charge is 0.113 e. The Hall–Kier alpha value is -0.410. The van der Waals surface area contributed by atoms with Crippen molar-refractivity contribution in [2.45, 2.75) is 71.4 Å². The van der Waals surface area contributed by atoms with Crippen molar-refractivity contribution in [1.82, 2.24) is 10.3 Å². The van der Waals surface area contributed by atoms with Crippen LogP contribution in [-0.2, 0) is 5.54 Å². The fourth-order valence-corrected chi connectivity index (χ4v) is 4.50. The van der Waals surface area contributed by atoms with Gasteiger partial charge >= 0.3 is 0 Å². The number of hydrogen-bond donors (Lipinski definition) is 1. The van der Waals surface area contributed by atoms with Crippen molar-refractivity contribution in [2.24, 2.45) is 11.8 Å². The van der Waals surface area contributed by atoms with Gasteiger partial charge in [-0.3, -0.25) is 0 Å². The van der Waals surface area contributed by atoms with Crippen LogP contribution in [0, 0.1) is 11.8 Å². The van der Waals surface area contributed by atoms with Gasteiger partial charge in [-0.2, -0.15) is 0 Å². The van der Waals surface area contributed by atoms with Crippen molar-refractivity contribution in [3.63, 3.8) is 0 Å². The standard InChI is InChI=1S/C16H28N2S/c1-12(2)10-14-6-5-7-16(11-14,18-13(3)4)15-17-8-9-19-15/h8-9,12-14,18H,5-7,10-11H2,1-4H3. The highest BCUT2D eigenvalue weighted by Crippen LogP contribution is 2.43. The van der Waals surface area contributed by atoms with E-state index in [1.165, 1.54) is 37.1 Å². The Morgan fingerprint density at radius 2 is 2.21 bits per heavy atom. The molecule has 108 valence electrons. The Balaban J connectivity index is 2.18. The molecule has 1 aromatic heterocycles. The van der Waals surface area contributed by atoms with Gasteiger partial charge in [0.15, 0.2) is 0 Å². The highest BCUT2D eigenvalue weighted by atomic mass is 32.1. The topological polar surface area (TPSA) is 24.9 Å². The van der Waals surface area contributed by atoms with Crippen LogP contribution in [0.4, 0.5) is 0 Å². The number of aromatic nitrogens is 1. The second-order valence-electron chi connectivity index (χ2n) is 6.81. The first kappa shape index (κ1) is 15.0. The predicted octanol–water partition coefficient (Wildman–Crippen LogP) is 4.57. The van der Waals surface area contributed by atoms with Crippen LogP contribution in [0.3, 0.4) is 0 Å². The van der Waals surface area contributed by atoms with Crippen LogP contribution in [0.25, 0.3) is 0 Å². The Morgan fingerprint density at radius 1 is 1.42 bits per heavy atom. The van der Waals surface area contributed by atoms with Crippen LogP contribution in [0.1, 0.15) is 64.8 Å². The van der Waals surface area contributed by atoms with E-state index in [1.54, 1.807) is 0 Å². The second kappa shape index (κ2) is 6.36. The summed E-state index contributed by atoms with van der Waals surface area (Å²) in [5, 5.41) is 7.27. The molecule has 1 heterocycles. The number of thiazole rings is 1. The summed E-state index contributed by atoms with van der Waals surface area (Å²) in [7, 11) is 0. The van der Waals surface area contributed by atoms with Crippen molar-refractivity contribution in [1.29, 1.82) is 0 Å². The van der Waals surface area contributed by atoms with E-state index in [-0.39, 0.29) is 5.54 Å². The summed E-state index contributed by atoms with van der Waals surface area (Å²) in [6.07, 6.45) is 8.54. The molecule has 0 aromatic carbocycles. The minimum atomic E-state index is 0.139. The number of rotatable bonds is 5. The van der Waals surface area contributed by atoms with Gasteiger partial charge in [0.25, 0.3) is 0 Å². The van der Waals surface area contributed by atoms with E-state index in [0.29, 0.717) is 6.04 Å². The lowest BCUT2D eigenvalue weighted by molar-refractivity contribution is 0.151. The summed E-state index contributed by atoms with van der Waals surface area (Å²) >= 11 is 1.82. The molecule has 2 nitrogen and oxygen atoms in total. The highest BCUT2D eigenvalue weighted by molar-refractivity contribution is 7.09. The lowest BCUT2D eigenvalue weighted by atomic mass is 9.73. The monoisotopic (exact) mass is 280 g/mol. The highest BCUT2D eigenvalue weighted by Gasteiger charge is 2.40. The zero-order chi connectivity index (χ0) is 13.9. The lowest BCUT2D eigenvalue weighted by Crippen LogP contribution is -2.49. The Morgan fingerprint density at radius 3 is 2.79 bits per heavy atom. The Bertz CT molecular complexity index is 372. The van der Waals surface area contributed by atoms with E-state index in [1.807, 2.05) is 17.5 Å². The van der Waals surface area contributed by atoms with Gasteiger partial charge in [0.1, 0.15) is 5.01 Å². The van der Waals surface area contributed by atoms with Crippen molar-refractivity contribution >= 4 is 11.3 Å². The van der Waals surface area contributed by atoms with Gasteiger partial charge in [0.2, 0.25) is 0 Å². The molecule has 0 bridgehead atoms. The predicted molar refractivity (Wildman–Crippen MR) is 83.5 cm³/mol. The Kier molecular flexibility index (Phi) is 5.02. The van der Waals surface area contributed by atoms with Crippen LogP contribution < -0.4 is 5.32 Å². The molecule has 0 spiro atoms. The maximum absolute atomic E-state index is 4.63. The zero-order valence-corrected chi connectivity index (χ0v) is 13.6. The van der Waals surface area contributed by atoms with Crippen molar-refractivity contribution < 1.29 is 0 Å². The summed E-state index contributed by atoms with van der Waals surface area (Å²) in [5.41, 5.74) is 0.139. The summed E-state index contributed by atoms with van der Waals surface area (Å²) in [6.45, 7) is 9.19. The molecule has 19 heavy (non-hydrogen) atoms. The maximum Gasteiger partial charge on any atom is 0.113 e. The van der Waals surface area contributed by atoms with Gasteiger partial charge in [-0.15, -0.1) is 11.3 Å². The van der Waals surface area contributed by atoms with Crippen molar-refractivity contribution in [3.05, 3.63) is 16.6 Å². The van der Waals surface area contributed by atoms with Crippen LogP contribution >= 0.6 is 11.3 Å². The van der Waals surface area contributed by atoms with Crippen LogP contribution in [-0.4, -0.2) is 11.0 Å². The minimum absolute atomic E-state index is 0.139. The molecule has 1 aliphatic rings. The zero-order valence-electron chi connectivity index (χ0n) is 12.8. The van der Waals surface area contributed by atoms with Gasteiger partial charge in [0.05, 0.1) is 5.54 Å². The molecule has 1 fully saturated rings. The van der Waals surface area contributed by atoms with E-state index in [2.05, 4.69) is 43.4 Å². The second-order valence-corrected chi connectivity index (χ2v) is 7.70. The van der Waals surface area contributed by atoms with E-state index >= 15 is 0 Å². The summed E-state index contributed by atoms with van der Waals surface area (Å²) < 4.78 is 0. The van der Waals surface area contributed by atoms with Crippen LogP contribution in [0.5, 0.6) is 0 Å². The summed E-state index contributed by atoms with van der Waals surface area (Å²) in [5.74, 6) is 1.65.